The Labute approximate surface area is 420 Å². The number of esters is 2. The Hall–Kier alpha value is -1.36. The minimum Gasteiger partial charge on any atom is -0.462 e. The van der Waals surface area contributed by atoms with Gasteiger partial charge in [-0.1, -0.05) is 315 Å². The van der Waals surface area contributed by atoms with Crippen LogP contribution in [0.5, 0.6) is 0 Å². The number of carbonyl (C=O) groups is 2. The number of hydrogen-bond acceptors (Lipinski definition) is 5. The summed E-state index contributed by atoms with van der Waals surface area (Å²) in [5.74, 6) is -0.570. The number of hydrogen-bond donors (Lipinski definition) is 1. The minimum atomic E-state index is -0.768. The molecule has 5 nitrogen and oxygen atoms in total. The Balaban J connectivity index is 3.38. The summed E-state index contributed by atoms with van der Waals surface area (Å²) in [5, 5.41) is 9.66. The predicted octanol–water partition coefficient (Wildman–Crippen LogP) is 20.7. The lowest BCUT2D eigenvalue weighted by atomic mass is 10.0. The quantitative estimate of drug-likeness (QED) is 0.0374. The maximum atomic E-state index is 12.3. The fraction of sp³-hybridized carbons (Fsp3) is 0.935. The van der Waals surface area contributed by atoms with Gasteiger partial charge in [0.05, 0.1) is 6.61 Å². The van der Waals surface area contributed by atoms with Crippen molar-refractivity contribution in [2.24, 2.45) is 0 Å². The van der Waals surface area contributed by atoms with Gasteiger partial charge < -0.3 is 14.6 Å². The van der Waals surface area contributed by atoms with Gasteiger partial charge in [0.2, 0.25) is 0 Å². The topological polar surface area (TPSA) is 72.8 Å². The van der Waals surface area contributed by atoms with E-state index in [0.717, 1.165) is 32.1 Å². The summed E-state index contributed by atoms with van der Waals surface area (Å²) < 4.78 is 10.7. The lowest BCUT2D eigenvalue weighted by Crippen LogP contribution is -2.28. The molecule has 1 N–H and O–H groups in total. The number of unbranched alkanes of at least 4 members (excludes halogenated alkanes) is 48. The van der Waals surface area contributed by atoms with Crippen LogP contribution in [-0.2, 0) is 19.1 Å². The molecule has 0 saturated heterocycles. The SMILES string of the molecule is CCCCCCCCCC/C=C\CCCCCCCCCCCC(=O)OC(CO)COC(=O)CCCCCCCCCCCCCCCCCCCCCCCCCCCCCCCCCC. The van der Waals surface area contributed by atoms with Crippen molar-refractivity contribution in [2.75, 3.05) is 13.2 Å². The molecule has 0 aliphatic rings. The van der Waals surface area contributed by atoms with Gasteiger partial charge in [-0.2, -0.15) is 0 Å². The molecule has 1 atom stereocenters. The van der Waals surface area contributed by atoms with Crippen molar-refractivity contribution < 1.29 is 24.2 Å². The van der Waals surface area contributed by atoms with Crippen LogP contribution in [0.2, 0.25) is 0 Å². The first kappa shape index (κ1) is 65.6. The van der Waals surface area contributed by atoms with Crippen LogP contribution < -0.4 is 0 Å². The van der Waals surface area contributed by atoms with Crippen molar-refractivity contribution in [3.8, 4) is 0 Å². The molecule has 0 bridgehead atoms. The molecule has 67 heavy (non-hydrogen) atoms. The van der Waals surface area contributed by atoms with Crippen molar-refractivity contribution in [3.63, 3.8) is 0 Å². The number of carbonyl (C=O) groups excluding carboxylic acids is 2. The summed E-state index contributed by atoms with van der Waals surface area (Å²) in [7, 11) is 0. The lowest BCUT2D eigenvalue weighted by molar-refractivity contribution is -0.161. The highest BCUT2D eigenvalue weighted by Gasteiger charge is 2.16. The summed E-state index contributed by atoms with van der Waals surface area (Å²) >= 11 is 0. The molecule has 0 aromatic carbocycles. The first-order valence-electron chi connectivity index (χ1n) is 30.7. The van der Waals surface area contributed by atoms with Gasteiger partial charge in [-0.05, 0) is 38.5 Å². The average molecular weight is 946 g/mol. The van der Waals surface area contributed by atoms with Crippen molar-refractivity contribution in [2.45, 2.75) is 360 Å². The predicted molar refractivity (Wildman–Crippen MR) is 293 cm³/mol. The van der Waals surface area contributed by atoms with Crippen LogP contribution in [0, 0.1) is 0 Å². The second kappa shape index (κ2) is 59.0. The van der Waals surface area contributed by atoms with Gasteiger partial charge in [-0.25, -0.2) is 0 Å². The molecule has 1 unspecified atom stereocenters. The molecular weight excluding hydrogens is 825 g/mol. The molecule has 0 aromatic rings. The minimum absolute atomic E-state index is 0.0592. The molecule has 5 heteroatoms. The Morgan fingerprint density at radius 3 is 0.806 bits per heavy atom. The first-order chi connectivity index (χ1) is 33.1. The van der Waals surface area contributed by atoms with Gasteiger partial charge in [0.15, 0.2) is 6.10 Å². The number of aliphatic hydroxyl groups is 1. The van der Waals surface area contributed by atoms with E-state index in [-0.39, 0.29) is 25.2 Å². The van der Waals surface area contributed by atoms with Gasteiger partial charge in [-0.3, -0.25) is 9.59 Å². The summed E-state index contributed by atoms with van der Waals surface area (Å²) in [6, 6.07) is 0. The largest absolute Gasteiger partial charge is 0.462 e. The highest BCUT2D eigenvalue weighted by Crippen LogP contribution is 2.18. The van der Waals surface area contributed by atoms with Crippen LogP contribution in [0.4, 0.5) is 0 Å². The van der Waals surface area contributed by atoms with E-state index in [4.69, 9.17) is 9.47 Å². The fourth-order valence-electron chi connectivity index (χ4n) is 9.67. The molecule has 0 spiro atoms. The molecule has 398 valence electrons. The van der Waals surface area contributed by atoms with Crippen LogP contribution in [0.3, 0.4) is 0 Å². The first-order valence-corrected chi connectivity index (χ1v) is 30.7. The second-order valence-electron chi connectivity index (χ2n) is 21.1. The van der Waals surface area contributed by atoms with Crippen LogP contribution in [0.25, 0.3) is 0 Å². The number of allylic oxidation sites excluding steroid dienone is 2. The zero-order chi connectivity index (χ0) is 48.5. The Kier molecular flexibility index (Phi) is 57.8. The third kappa shape index (κ3) is 57.1. The standard InChI is InChI=1S/C62H120O5/c1-3-5-7-9-11-13-15-17-19-21-23-25-26-27-28-29-30-31-32-33-34-35-37-38-40-42-44-46-48-50-52-54-56-61(64)66-59-60(58-63)67-62(65)57-55-53-51-49-47-45-43-41-39-36-24-22-20-18-16-14-12-10-8-6-4-2/h22,24,60,63H,3-21,23,25-59H2,1-2H3/b24-22-. The molecule has 0 heterocycles. The van der Waals surface area contributed by atoms with Gasteiger partial charge in [0.1, 0.15) is 6.61 Å². The van der Waals surface area contributed by atoms with E-state index in [1.165, 1.54) is 295 Å². The van der Waals surface area contributed by atoms with Gasteiger partial charge in [0.25, 0.3) is 0 Å². The fourth-order valence-corrected chi connectivity index (χ4v) is 9.67. The van der Waals surface area contributed by atoms with Crippen molar-refractivity contribution in [1.29, 1.82) is 0 Å². The maximum Gasteiger partial charge on any atom is 0.306 e. The lowest BCUT2D eigenvalue weighted by Gasteiger charge is -2.15. The molecule has 0 fully saturated rings. The second-order valence-corrected chi connectivity index (χ2v) is 21.1. The van der Waals surface area contributed by atoms with E-state index in [0.29, 0.717) is 12.8 Å². The van der Waals surface area contributed by atoms with Crippen molar-refractivity contribution in [1.82, 2.24) is 0 Å². The van der Waals surface area contributed by atoms with E-state index in [2.05, 4.69) is 26.0 Å². The molecule has 0 amide bonds. The van der Waals surface area contributed by atoms with Gasteiger partial charge >= 0.3 is 11.9 Å². The molecule has 0 aromatic heterocycles. The molecular formula is C62H120O5. The Morgan fingerprint density at radius 2 is 0.552 bits per heavy atom. The zero-order valence-electron chi connectivity index (χ0n) is 45.7. The van der Waals surface area contributed by atoms with Crippen LogP contribution in [-0.4, -0.2) is 36.4 Å². The smallest absolute Gasteiger partial charge is 0.306 e. The van der Waals surface area contributed by atoms with E-state index < -0.39 is 6.10 Å². The molecule has 0 aliphatic heterocycles. The summed E-state index contributed by atoms with van der Waals surface area (Å²) in [4.78, 5) is 24.5. The molecule has 0 rings (SSSR count). The third-order valence-electron chi connectivity index (χ3n) is 14.3. The summed E-state index contributed by atoms with van der Waals surface area (Å²) in [6.07, 6.45) is 73.6. The van der Waals surface area contributed by atoms with E-state index >= 15 is 0 Å². The van der Waals surface area contributed by atoms with Gasteiger partial charge in [-0.15, -0.1) is 0 Å². The number of ether oxygens (including phenoxy) is 2. The van der Waals surface area contributed by atoms with E-state index in [1.807, 2.05) is 0 Å². The van der Waals surface area contributed by atoms with Crippen molar-refractivity contribution in [3.05, 3.63) is 12.2 Å². The van der Waals surface area contributed by atoms with Crippen molar-refractivity contribution >= 4 is 11.9 Å². The number of rotatable bonds is 58. The Morgan fingerprint density at radius 1 is 0.328 bits per heavy atom. The van der Waals surface area contributed by atoms with Gasteiger partial charge in [0, 0.05) is 12.8 Å². The number of aliphatic hydroxyl groups excluding tert-OH is 1. The van der Waals surface area contributed by atoms with Crippen LogP contribution in [0.1, 0.15) is 354 Å². The summed E-state index contributed by atoms with van der Waals surface area (Å²) in [6.45, 7) is 4.20. The Bertz CT molecular complexity index is 979. The normalized spacial score (nSPS) is 12.1. The highest BCUT2D eigenvalue weighted by atomic mass is 16.6. The summed E-state index contributed by atoms with van der Waals surface area (Å²) in [5.41, 5.74) is 0. The van der Waals surface area contributed by atoms with Crippen LogP contribution in [0.15, 0.2) is 12.2 Å². The zero-order valence-corrected chi connectivity index (χ0v) is 45.7. The maximum absolute atomic E-state index is 12.3. The van der Waals surface area contributed by atoms with Crippen LogP contribution >= 0.6 is 0 Å². The molecule has 0 radical (unpaired) electrons. The molecule has 0 aliphatic carbocycles. The van der Waals surface area contributed by atoms with E-state index in [9.17, 15) is 14.7 Å². The van der Waals surface area contributed by atoms with E-state index in [1.54, 1.807) is 0 Å². The monoisotopic (exact) mass is 945 g/mol. The highest BCUT2D eigenvalue weighted by molar-refractivity contribution is 5.70. The third-order valence-corrected chi connectivity index (χ3v) is 14.3. The molecule has 0 saturated carbocycles. The average Bonchev–Trinajstić information content (AvgIpc) is 3.33.